The van der Waals surface area contributed by atoms with Crippen molar-refractivity contribution < 1.29 is 18.8 Å². The lowest BCUT2D eigenvalue weighted by Crippen LogP contribution is -2.53. The Bertz CT molecular complexity index is 931. The molecular formula is C22H24ClFN4O3. The van der Waals surface area contributed by atoms with Crippen molar-refractivity contribution in [1.82, 2.24) is 15.1 Å². The Morgan fingerprint density at radius 3 is 2.26 bits per heavy atom. The van der Waals surface area contributed by atoms with Crippen LogP contribution in [0.1, 0.15) is 23.2 Å². The minimum atomic E-state index is -0.548. The maximum atomic E-state index is 13.8. The minimum Gasteiger partial charge on any atom is -0.338 e. The van der Waals surface area contributed by atoms with Gasteiger partial charge in [-0.3, -0.25) is 9.59 Å². The normalized spacial score (nSPS) is 13.6. The van der Waals surface area contributed by atoms with Crippen LogP contribution >= 0.6 is 11.6 Å². The van der Waals surface area contributed by atoms with Gasteiger partial charge in [0.2, 0.25) is 5.91 Å². The third-order valence-corrected chi connectivity index (χ3v) is 5.20. The first kappa shape index (κ1) is 22.6. The Hall–Kier alpha value is -3.13. The van der Waals surface area contributed by atoms with E-state index >= 15 is 0 Å². The van der Waals surface area contributed by atoms with Gasteiger partial charge in [-0.15, -0.1) is 0 Å². The molecule has 2 N–H and O–H groups in total. The average molecular weight is 447 g/mol. The fourth-order valence-electron chi connectivity index (χ4n) is 3.23. The zero-order valence-electron chi connectivity index (χ0n) is 16.9. The van der Waals surface area contributed by atoms with E-state index in [0.29, 0.717) is 49.9 Å². The Balaban J connectivity index is 1.34. The van der Waals surface area contributed by atoms with Gasteiger partial charge in [0.05, 0.1) is 5.56 Å². The van der Waals surface area contributed by atoms with Crippen molar-refractivity contribution in [3.05, 3.63) is 64.9 Å². The van der Waals surface area contributed by atoms with E-state index in [4.69, 9.17) is 11.6 Å². The van der Waals surface area contributed by atoms with E-state index in [2.05, 4.69) is 10.6 Å². The van der Waals surface area contributed by atoms with E-state index in [-0.39, 0.29) is 29.8 Å². The van der Waals surface area contributed by atoms with Gasteiger partial charge in [-0.05, 0) is 42.8 Å². The summed E-state index contributed by atoms with van der Waals surface area (Å²) in [7, 11) is 0. The van der Waals surface area contributed by atoms with Gasteiger partial charge in [0.15, 0.2) is 0 Å². The summed E-state index contributed by atoms with van der Waals surface area (Å²) >= 11 is 5.81. The number of carbonyl (C=O) groups excluding carboxylic acids is 3. The Kier molecular flexibility index (Phi) is 7.83. The number of hydrogen-bond acceptors (Lipinski definition) is 3. The van der Waals surface area contributed by atoms with E-state index in [9.17, 15) is 18.8 Å². The molecule has 0 atom stereocenters. The maximum absolute atomic E-state index is 13.8. The van der Waals surface area contributed by atoms with Crippen LogP contribution in [-0.4, -0.2) is 60.4 Å². The molecule has 2 aromatic carbocycles. The van der Waals surface area contributed by atoms with Crippen LogP contribution in [0, 0.1) is 5.82 Å². The van der Waals surface area contributed by atoms with Crippen LogP contribution < -0.4 is 10.6 Å². The number of anilines is 1. The summed E-state index contributed by atoms with van der Waals surface area (Å²) in [5.41, 5.74) is 0.707. The molecular weight excluding hydrogens is 423 g/mol. The van der Waals surface area contributed by atoms with Crippen LogP contribution in [0.15, 0.2) is 48.5 Å². The number of nitrogens with one attached hydrogen (secondary N) is 2. The molecule has 0 bridgehead atoms. The molecule has 4 amide bonds. The molecule has 2 aromatic rings. The lowest BCUT2D eigenvalue weighted by molar-refractivity contribution is -0.116. The summed E-state index contributed by atoms with van der Waals surface area (Å²) in [4.78, 5) is 39.9. The molecule has 31 heavy (non-hydrogen) atoms. The second kappa shape index (κ2) is 10.8. The lowest BCUT2D eigenvalue weighted by atomic mass is 10.1. The predicted molar refractivity (Wildman–Crippen MR) is 117 cm³/mol. The smallest absolute Gasteiger partial charge is 0.317 e. The molecule has 0 aliphatic carbocycles. The highest BCUT2D eigenvalue weighted by Crippen LogP contribution is 2.14. The van der Waals surface area contributed by atoms with Gasteiger partial charge in [-0.25, -0.2) is 9.18 Å². The largest absolute Gasteiger partial charge is 0.338 e. The highest BCUT2D eigenvalue weighted by atomic mass is 35.5. The van der Waals surface area contributed by atoms with Gasteiger partial charge < -0.3 is 20.4 Å². The number of carbonyl (C=O) groups is 3. The van der Waals surface area contributed by atoms with Crippen LogP contribution in [0.4, 0.5) is 14.9 Å². The number of piperazine rings is 1. The van der Waals surface area contributed by atoms with Crippen molar-refractivity contribution in [2.45, 2.75) is 12.8 Å². The third kappa shape index (κ3) is 6.42. The molecule has 1 heterocycles. The van der Waals surface area contributed by atoms with Gasteiger partial charge in [0.25, 0.3) is 5.91 Å². The van der Waals surface area contributed by atoms with Gasteiger partial charge in [0.1, 0.15) is 5.82 Å². The van der Waals surface area contributed by atoms with Crippen molar-refractivity contribution in [2.75, 3.05) is 38.0 Å². The van der Waals surface area contributed by atoms with Crippen molar-refractivity contribution in [1.29, 1.82) is 0 Å². The van der Waals surface area contributed by atoms with Crippen molar-refractivity contribution in [3.8, 4) is 0 Å². The maximum Gasteiger partial charge on any atom is 0.317 e. The highest BCUT2D eigenvalue weighted by molar-refractivity contribution is 6.30. The standard InChI is InChI=1S/C22H24ClFN4O3/c23-16-7-9-17(10-8-16)26-20(29)6-3-11-25-22(31)28-14-12-27(13-15-28)21(30)18-4-1-2-5-19(18)24/h1-2,4-5,7-10H,3,6,11-15H2,(H,25,31)(H,26,29). The SMILES string of the molecule is O=C(CCCNC(=O)N1CCN(C(=O)c2ccccc2F)CC1)Nc1ccc(Cl)cc1. The molecule has 1 fully saturated rings. The number of benzene rings is 2. The van der Waals surface area contributed by atoms with Crippen molar-refractivity contribution >= 4 is 35.1 Å². The fraction of sp³-hybridized carbons (Fsp3) is 0.318. The number of amides is 4. The van der Waals surface area contributed by atoms with E-state index in [1.165, 1.54) is 18.2 Å². The molecule has 9 heteroatoms. The summed E-state index contributed by atoms with van der Waals surface area (Å²) in [6, 6.07) is 12.5. The van der Waals surface area contributed by atoms with E-state index in [1.807, 2.05) is 0 Å². The van der Waals surface area contributed by atoms with Crippen LogP contribution in [0.2, 0.25) is 5.02 Å². The van der Waals surface area contributed by atoms with E-state index < -0.39 is 5.82 Å². The quantitative estimate of drug-likeness (QED) is 0.667. The lowest BCUT2D eigenvalue weighted by Gasteiger charge is -2.34. The Labute approximate surface area is 185 Å². The van der Waals surface area contributed by atoms with E-state index in [1.54, 1.807) is 40.1 Å². The van der Waals surface area contributed by atoms with Gasteiger partial charge in [-0.1, -0.05) is 23.7 Å². The van der Waals surface area contributed by atoms with Gasteiger partial charge in [-0.2, -0.15) is 0 Å². The number of urea groups is 1. The van der Waals surface area contributed by atoms with E-state index in [0.717, 1.165) is 0 Å². The predicted octanol–water partition coefficient (Wildman–Crippen LogP) is 3.37. The molecule has 1 aliphatic heterocycles. The molecule has 1 saturated heterocycles. The van der Waals surface area contributed by atoms with Crippen LogP contribution in [-0.2, 0) is 4.79 Å². The number of nitrogens with zero attached hydrogens (tertiary/aromatic N) is 2. The van der Waals surface area contributed by atoms with Crippen molar-refractivity contribution in [2.24, 2.45) is 0 Å². The minimum absolute atomic E-state index is 0.0391. The molecule has 3 rings (SSSR count). The van der Waals surface area contributed by atoms with Crippen molar-refractivity contribution in [3.63, 3.8) is 0 Å². The molecule has 0 radical (unpaired) electrons. The van der Waals surface area contributed by atoms with Crippen LogP contribution in [0.5, 0.6) is 0 Å². The molecule has 0 unspecified atom stereocenters. The zero-order valence-corrected chi connectivity index (χ0v) is 17.7. The summed E-state index contributed by atoms with van der Waals surface area (Å²) < 4.78 is 13.8. The zero-order chi connectivity index (χ0) is 22.2. The molecule has 7 nitrogen and oxygen atoms in total. The Morgan fingerprint density at radius 1 is 0.935 bits per heavy atom. The first-order chi connectivity index (χ1) is 14.9. The average Bonchev–Trinajstić information content (AvgIpc) is 2.78. The first-order valence-corrected chi connectivity index (χ1v) is 10.4. The van der Waals surface area contributed by atoms with Gasteiger partial charge in [0, 0.05) is 49.9 Å². The number of rotatable bonds is 6. The first-order valence-electron chi connectivity index (χ1n) is 10.1. The highest BCUT2D eigenvalue weighted by Gasteiger charge is 2.25. The third-order valence-electron chi connectivity index (χ3n) is 4.94. The number of halogens is 2. The molecule has 164 valence electrons. The molecule has 0 aromatic heterocycles. The van der Waals surface area contributed by atoms with Crippen LogP contribution in [0.25, 0.3) is 0 Å². The summed E-state index contributed by atoms with van der Waals surface area (Å²) in [5.74, 6) is -1.06. The van der Waals surface area contributed by atoms with Crippen LogP contribution in [0.3, 0.4) is 0 Å². The molecule has 0 spiro atoms. The summed E-state index contributed by atoms with van der Waals surface area (Å²) in [5, 5.41) is 6.15. The van der Waals surface area contributed by atoms with Gasteiger partial charge >= 0.3 is 6.03 Å². The fourth-order valence-corrected chi connectivity index (χ4v) is 3.36. The molecule has 0 saturated carbocycles. The second-order valence-corrected chi connectivity index (χ2v) is 7.59. The second-order valence-electron chi connectivity index (χ2n) is 7.15. The molecule has 1 aliphatic rings. The number of hydrogen-bond donors (Lipinski definition) is 2. The topological polar surface area (TPSA) is 81.8 Å². The summed E-state index contributed by atoms with van der Waals surface area (Å²) in [6.45, 7) is 1.77. The monoisotopic (exact) mass is 446 g/mol. The Morgan fingerprint density at radius 2 is 1.58 bits per heavy atom. The summed E-state index contributed by atoms with van der Waals surface area (Å²) in [6.07, 6.45) is 0.769.